The molecule has 5 nitrogen and oxygen atoms in total. The van der Waals surface area contributed by atoms with Gasteiger partial charge in [-0.3, -0.25) is 0 Å². The number of aliphatic hydroxyl groups excluding tert-OH is 1. The Labute approximate surface area is 57.9 Å². The first-order valence-corrected chi connectivity index (χ1v) is 3.77. The van der Waals surface area contributed by atoms with E-state index in [9.17, 15) is 8.42 Å². The fourth-order valence-electron chi connectivity index (χ4n) is 0.385. The number of hydrogen-bond donors (Lipinski definition) is 1. The summed E-state index contributed by atoms with van der Waals surface area (Å²) in [6.45, 7) is 1.48. The number of nitrogens with zero attached hydrogens (tertiary/aromatic N) is 1. The minimum Gasteiger partial charge on any atom is -0.492 e. The van der Waals surface area contributed by atoms with Crippen LogP contribution in [0.4, 0.5) is 0 Å². The topological polar surface area (TPSA) is 76.0 Å². The van der Waals surface area contributed by atoms with E-state index in [1.54, 1.807) is 0 Å². The van der Waals surface area contributed by atoms with Crippen LogP contribution in [0.1, 0.15) is 6.92 Å². The third-order valence-electron chi connectivity index (χ3n) is 0.897. The van der Waals surface area contributed by atoms with Gasteiger partial charge in [-0.1, -0.05) is 4.40 Å². The van der Waals surface area contributed by atoms with Crippen LogP contribution in [0.3, 0.4) is 0 Å². The fraction of sp³-hybridized carbons (Fsp3) is 0.250. The van der Waals surface area contributed by atoms with Crippen LogP contribution in [-0.4, -0.2) is 19.4 Å². The summed E-state index contributed by atoms with van der Waals surface area (Å²) >= 11 is 0. The first-order chi connectivity index (χ1) is 4.51. The standard InChI is InChI=1S/C4H5NO4S/c1-3-2-9-10(7,8)5-4(3)6/h2H,1H3,(H,5,6). The summed E-state index contributed by atoms with van der Waals surface area (Å²) in [6, 6.07) is 0. The molecule has 0 spiro atoms. The monoisotopic (exact) mass is 163 g/mol. The molecular weight excluding hydrogens is 158 g/mol. The molecule has 0 saturated heterocycles. The molecule has 0 aromatic heterocycles. The summed E-state index contributed by atoms with van der Waals surface area (Å²) in [5, 5.41) is 8.74. The Kier molecular flexibility index (Phi) is 1.40. The quantitative estimate of drug-likeness (QED) is 0.550. The second kappa shape index (κ2) is 1.98. The lowest BCUT2D eigenvalue weighted by Gasteiger charge is -2.04. The lowest BCUT2D eigenvalue weighted by atomic mass is 10.3. The Morgan fingerprint density at radius 2 is 2.30 bits per heavy atom. The van der Waals surface area contributed by atoms with Crippen molar-refractivity contribution >= 4 is 16.2 Å². The third kappa shape index (κ3) is 1.27. The second-order valence-corrected chi connectivity index (χ2v) is 2.97. The molecule has 0 aromatic rings. The molecule has 0 bridgehead atoms. The molecule has 6 heteroatoms. The Hall–Kier alpha value is -1.04. The summed E-state index contributed by atoms with van der Waals surface area (Å²) < 4.78 is 27.7. The largest absolute Gasteiger partial charge is 0.492 e. The molecule has 0 fully saturated rings. The highest BCUT2D eigenvalue weighted by molar-refractivity contribution is 7.85. The summed E-state index contributed by atoms with van der Waals surface area (Å²) in [6.07, 6.45) is 0.928. The molecular formula is C4H5NO4S. The minimum atomic E-state index is -3.90. The molecule has 0 amide bonds. The Balaban J connectivity index is 3.10. The SMILES string of the molecule is CC1=COS(=O)(=O)N=C1O. The van der Waals surface area contributed by atoms with Crippen molar-refractivity contribution in [2.45, 2.75) is 6.92 Å². The van der Waals surface area contributed by atoms with E-state index < -0.39 is 16.2 Å². The van der Waals surface area contributed by atoms with Crippen molar-refractivity contribution in [3.8, 4) is 0 Å². The fourth-order valence-corrected chi connectivity index (χ4v) is 1.05. The number of hydrogen-bond acceptors (Lipinski definition) is 3. The van der Waals surface area contributed by atoms with Crippen LogP contribution in [0.25, 0.3) is 0 Å². The van der Waals surface area contributed by atoms with Gasteiger partial charge in [-0.15, -0.1) is 0 Å². The van der Waals surface area contributed by atoms with Crippen LogP contribution in [0, 0.1) is 0 Å². The van der Waals surface area contributed by atoms with Crippen molar-refractivity contribution in [2.75, 3.05) is 0 Å². The van der Waals surface area contributed by atoms with Gasteiger partial charge in [0, 0.05) is 5.57 Å². The van der Waals surface area contributed by atoms with Gasteiger partial charge < -0.3 is 9.29 Å². The van der Waals surface area contributed by atoms with Gasteiger partial charge >= 0.3 is 10.3 Å². The maximum absolute atomic E-state index is 10.4. The maximum Gasteiger partial charge on any atom is 0.431 e. The predicted molar refractivity (Wildman–Crippen MR) is 33.8 cm³/mol. The molecule has 10 heavy (non-hydrogen) atoms. The highest BCUT2D eigenvalue weighted by Crippen LogP contribution is 2.08. The Morgan fingerprint density at radius 1 is 1.70 bits per heavy atom. The number of rotatable bonds is 0. The molecule has 1 N–H and O–H groups in total. The van der Waals surface area contributed by atoms with E-state index in [0.29, 0.717) is 0 Å². The van der Waals surface area contributed by atoms with E-state index in [0.717, 1.165) is 6.26 Å². The first-order valence-electron chi connectivity index (χ1n) is 2.40. The van der Waals surface area contributed by atoms with Gasteiger partial charge in [0.1, 0.15) is 6.26 Å². The van der Waals surface area contributed by atoms with Crippen LogP contribution in [0.2, 0.25) is 0 Å². The van der Waals surface area contributed by atoms with Gasteiger partial charge in [0.25, 0.3) is 0 Å². The van der Waals surface area contributed by atoms with E-state index in [1.165, 1.54) is 6.92 Å². The van der Waals surface area contributed by atoms with E-state index in [1.807, 2.05) is 0 Å². The van der Waals surface area contributed by atoms with Crippen LogP contribution in [0.15, 0.2) is 16.2 Å². The Morgan fingerprint density at radius 3 is 2.70 bits per heavy atom. The smallest absolute Gasteiger partial charge is 0.431 e. The number of aliphatic hydroxyl groups is 1. The first kappa shape index (κ1) is 7.07. The van der Waals surface area contributed by atoms with Crippen molar-refractivity contribution in [1.29, 1.82) is 0 Å². The molecule has 0 aliphatic carbocycles. The molecule has 1 heterocycles. The van der Waals surface area contributed by atoms with Crippen molar-refractivity contribution in [3.63, 3.8) is 0 Å². The van der Waals surface area contributed by atoms with Gasteiger partial charge in [-0.05, 0) is 6.92 Å². The van der Waals surface area contributed by atoms with Gasteiger partial charge in [0.05, 0.1) is 0 Å². The van der Waals surface area contributed by atoms with E-state index >= 15 is 0 Å². The zero-order valence-electron chi connectivity index (χ0n) is 5.10. The van der Waals surface area contributed by atoms with Crippen LogP contribution < -0.4 is 0 Å². The van der Waals surface area contributed by atoms with Crippen molar-refractivity contribution < 1.29 is 17.7 Å². The van der Waals surface area contributed by atoms with E-state index in [4.69, 9.17) is 5.11 Å². The zero-order valence-corrected chi connectivity index (χ0v) is 5.92. The third-order valence-corrected chi connectivity index (χ3v) is 1.63. The second-order valence-electron chi connectivity index (χ2n) is 1.74. The van der Waals surface area contributed by atoms with Crippen LogP contribution in [-0.2, 0) is 14.5 Å². The maximum atomic E-state index is 10.4. The normalized spacial score (nSPS) is 22.5. The molecule has 0 saturated carbocycles. The minimum absolute atomic E-state index is 0.287. The van der Waals surface area contributed by atoms with Gasteiger partial charge in [0.2, 0.25) is 5.90 Å². The molecule has 0 radical (unpaired) electrons. The van der Waals surface area contributed by atoms with Crippen molar-refractivity contribution in [1.82, 2.24) is 0 Å². The zero-order chi connectivity index (χ0) is 7.78. The molecule has 1 aliphatic rings. The van der Waals surface area contributed by atoms with Crippen molar-refractivity contribution in [2.24, 2.45) is 4.40 Å². The highest BCUT2D eigenvalue weighted by Gasteiger charge is 2.16. The van der Waals surface area contributed by atoms with Crippen LogP contribution in [0.5, 0.6) is 0 Å². The summed E-state index contributed by atoms with van der Waals surface area (Å²) in [5.74, 6) is -0.522. The summed E-state index contributed by atoms with van der Waals surface area (Å²) in [5.41, 5.74) is 0.287. The predicted octanol–water partition coefficient (Wildman–Crippen LogP) is 0.122. The highest BCUT2D eigenvalue weighted by atomic mass is 32.2. The van der Waals surface area contributed by atoms with E-state index in [2.05, 4.69) is 8.58 Å². The molecule has 0 unspecified atom stereocenters. The van der Waals surface area contributed by atoms with Gasteiger partial charge in [-0.25, -0.2) is 0 Å². The van der Waals surface area contributed by atoms with E-state index in [-0.39, 0.29) is 5.57 Å². The molecule has 1 aliphatic heterocycles. The Bertz CT molecular complexity index is 299. The summed E-state index contributed by atoms with van der Waals surface area (Å²) in [4.78, 5) is 0. The lowest BCUT2D eigenvalue weighted by Crippen LogP contribution is -2.11. The molecule has 56 valence electrons. The lowest BCUT2D eigenvalue weighted by molar-refractivity contribution is 0.432. The van der Waals surface area contributed by atoms with Gasteiger partial charge in [0.15, 0.2) is 0 Å². The molecule has 1 rings (SSSR count). The summed E-state index contributed by atoms with van der Waals surface area (Å²) in [7, 11) is -3.90. The average Bonchev–Trinajstić information content (AvgIpc) is 1.79. The van der Waals surface area contributed by atoms with Gasteiger partial charge in [-0.2, -0.15) is 8.42 Å². The molecule has 0 atom stereocenters. The van der Waals surface area contributed by atoms with Crippen molar-refractivity contribution in [3.05, 3.63) is 11.8 Å². The molecule has 0 aromatic carbocycles. The average molecular weight is 163 g/mol. The van der Waals surface area contributed by atoms with Crippen LogP contribution >= 0.6 is 0 Å².